The predicted molar refractivity (Wildman–Crippen MR) is 61.4 cm³/mol. The van der Waals surface area contributed by atoms with E-state index in [0.29, 0.717) is 13.0 Å². The van der Waals surface area contributed by atoms with E-state index in [0.717, 1.165) is 10.0 Å². The summed E-state index contributed by atoms with van der Waals surface area (Å²) in [6, 6.07) is 7.85. The van der Waals surface area contributed by atoms with Crippen LogP contribution in [0.1, 0.15) is 5.56 Å². The van der Waals surface area contributed by atoms with E-state index in [4.69, 9.17) is 0 Å². The van der Waals surface area contributed by atoms with Gasteiger partial charge < -0.3 is 4.90 Å². The molecule has 0 spiro atoms. The summed E-state index contributed by atoms with van der Waals surface area (Å²) in [6.07, 6.45) is 0.519. The van der Waals surface area contributed by atoms with Crippen LogP contribution < -0.4 is 0 Å². The van der Waals surface area contributed by atoms with Gasteiger partial charge in [-0.2, -0.15) is 0 Å². The van der Waals surface area contributed by atoms with Crippen molar-refractivity contribution in [1.82, 2.24) is 4.90 Å². The zero-order chi connectivity index (χ0) is 10.6. The van der Waals surface area contributed by atoms with Crippen molar-refractivity contribution in [3.05, 3.63) is 34.3 Å². The first-order chi connectivity index (χ1) is 6.58. The van der Waals surface area contributed by atoms with Gasteiger partial charge >= 0.3 is 0 Å². The monoisotopic (exact) mass is 255 g/mol. The maximum absolute atomic E-state index is 11.5. The standard InChI is InChI=1S/C11H14BrNO/c1-13(2)8-11(14)7-9-3-5-10(12)6-4-9/h3-6H,7-8H2,1-2H3. The summed E-state index contributed by atoms with van der Waals surface area (Å²) in [5.74, 6) is 0.248. The second-order valence-electron chi connectivity index (χ2n) is 3.58. The molecule has 0 saturated heterocycles. The average Bonchev–Trinajstić information content (AvgIpc) is 2.07. The van der Waals surface area contributed by atoms with Crippen molar-refractivity contribution in [1.29, 1.82) is 0 Å². The van der Waals surface area contributed by atoms with Crippen LogP contribution in [0.5, 0.6) is 0 Å². The molecule has 0 N–H and O–H groups in total. The van der Waals surface area contributed by atoms with E-state index in [2.05, 4.69) is 15.9 Å². The molecule has 0 fully saturated rings. The third-order valence-corrected chi connectivity index (χ3v) is 2.34. The van der Waals surface area contributed by atoms with Crippen molar-refractivity contribution in [2.75, 3.05) is 20.6 Å². The molecule has 0 radical (unpaired) electrons. The quantitative estimate of drug-likeness (QED) is 0.822. The van der Waals surface area contributed by atoms with Gasteiger partial charge in [0.15, 0.2) is 5.78 Å². The number of carbonyl (C=O) groups excluding carboxylic acids is 1. The van der Waals surface area contributed by atoms with E-state index in [1.54, 1.807) is 0 Å². The zero-order valence-electron chi connectivity index (χ0n) is 8.46. The van der Waals surface area contributed by atoms with Crippen LogP contribution in [0, 0.1) is 0 Å². The molecule has 0 aliphatic carbocycles. The molecule has 0 aliphatic heterocycles. The third kappa shape index (κ3) is 4.03. The van der Waals surface area contributed by atoms with E-state index in [1.807, 2.05) is 43.3 Å². The van der Waals surface area contributed by atoms with Crippen LogP contribution in [-0.2, 0) is 11.2 Å². The fourth-order valence-electron chi connectivity index (χ4n) is 1.24. The number of ketones is 1. The molecule has 14 heavy (non-hydrogen) atoms. The number of benzene rings is 1. The molecule has 0 bridgehead atoms. The summed E-state index contributed by atoms with van der Waals surface area (Å²) in [5, 5.41) is 0. The highest BCUT2D eigenvalue weighted by atomic mass is 79.9. The number of nitrogens with zero attached hydrogens (tertiary/aromatic N) is 1. The molecule has 2 nitrogen and oxygen atoms in total. The molecule has 0 aliphatic rings. The summed E-state index contributed by atoms with van der Waals surface area (Å²) in [6.45, 7) is 0.510. The van der Waals surface area contributed by atoms with E-state index >= 15 is 0 Å². The van der Waals surface area contributed by atoms with Gasteiger partial charge in [-0.3, -0.25) is 4.79 Å². The van der Waals surface area contributed by atoms with Gasteiger partial charge in [0, 0.05) is 10.9 Å². The highest BCUT2D eigenvalue weighted by Crippen LogP contribution is 2.11. The van der Waals surface area contributed by atoms with Crippen molar-refractivity contribution in [2.45, 2.75) is 6.42 Å². The van der Waals surface area contributed by atoms with Crippen molar-refractivity contribution in [2.24, 2.45) is 0 Å². The van der Waals surface area contributed by atoms with E-state index in [9.17, 15) is 4.79 Å². The van der Waals surface area contributed by atoms with E-state index in [1.165, 1.54) is 0 Å². The first-order valence-electron chi connectivity index (χ1n) is 4.49. The highest BCUT2D eigenvalue weighted by molar-refractivity contribution is 9.10. The van der Waals surface area contributed by atoms with Gasteiger partial charge in [-0.1, -0.05) is 28.1 Å². The van der Waals surface area contributed by atoms with Crippen molar-refractivity contribution in [3.63, 3.8) is 0 Å². The minimum Gasteiger partial charge on any atom is -0.302 e. The lowest BCUT2D eigenvalue weighted by atomic mass is 10.1. The summed E-state index contributed by atoms with van der Waals surface area (Å²) in [7, 11) is 3.80. The Morgan fingerprint density at radius 2 is 1.86 bits per heavy atom. The van der Waals surface area contributed by atoms with Gasteiger partial charge in [0.2, 0.25) is 0 Å². The largest absolute Gasteiger partial charge is 0.302 e. The predicted octanol–water partition coefficient (Wildman–Crippen LogP) is 2.12. The maximum atomic E-state index is 11.5. The second-order valence-corrected chi connectivity index (χ2v) is 4.50. The average molecular weight is 256 g/mol. The van der Waals surface area contributed by atoms with Gasteiger partial charge in [-0.25, -0.2) is 0 Å². The molecule has 0 heterocycles. The van der Waals surface area contributed by atoms with Crippen LogP contribution in [0.25, 0.3) is 0 Å². The van der Waals surface area contributed by atoms with E-state index < -0.39 is 0 Å². The summed E-state index contributed by atoms with van der Waals surface area (Å²) < 4.78 is 1.04. The minimum atomic E-state index is 0.248. The van der Waals surface area contributed by atoms with Gasteiger partial charge in [0.05, 0.1) is 6.54 Å². The molecular weight excluding hydrogens is 242 g/mol. The van der Waals surface area contributed by atoms with Crippen molar-refractivity contribution >= 4 is 21.7 Å². The summed E-state index contributed by atoms with van der Waals surface area (Å²) in [5.41, 5.74) is 1.07. The number of rotatable bonds is 4. The van der Waals surface area contributed by atoms with Gasteiger partial charge in [0.25, 0.3) is 0 Å². The van der Waals surface area contributed by atoms with Crippen molar-refractivity contribution in [3.8, 4) is 0 Å². The molecule has 1 aromatic carbocycles. The molecule has 0 amide bonds. The lowest BCUT2D eigenvalue weighted by Crippen LogP contribution is -2.22. The Morgan fingerprint density at radius 1 is 1.29 bits per heavy atom. The Bertz CT molecular complexity index is 306. The van der Waals surface area contributed by atoms with Gasteiger partial charge in [-0.15, -0.1) is 0 Å². The Balaban J connectivity index is 2.52. The number of carbonyl (C=O) groups is 1. The smallest absolute Gasteiger partial charge is 0.151 e. The third-order valence-electron chi connectivity index (χ3n) is 1.81. The number of Topliss-reactive ketones (excluding diaryl/α,β-unsaturated/α-hetero) is 1. The molecule has 76 valence electrons. The van der Waals surface area contributed by atoms with Crippen LogP contribution in [0.4, 0.5) is 0 Å². The Labute approximate surface area is 93.0 Å². The SMILES string of the molecule is CN(C)CC(=O)Cc1ccc(Br)cc1. The highest BCUT2D eigenvalue weighted by Gasteiger charge is 2.04. The van der Waals surface area contributed by atoms with Crippen LogP contribution >= 0.6 is 15.9 Å². The molecule has 0 unspecified atom stereocenters. The number of likely N-dealkylation sites (N-methyl/N-ethyl adjacent to an activating group) is 1. The molecule has 0 aromatic heterocycles. The zero-order valence-corrected chi connectivity index (χ0v) is 10.0. The number of hydrogen-bond donors (Lipinski definition) is 0. The van der Waals surface area contributed by atoms with Crippen LogP contribution in [0.15, 0.2) is 28.7 Å². The lowest BCUT2D eigenvalue weighted by Gasteiger charge is -2.07. The van der Waals surface area contributed by atoms with Crippen LogP contribution in [0.2, 0.25) is 0 Å². The second kappa shape index (κ2) is 5.27. The first-order valence-corrected chi connectivity index (χ1v) is 5.28. The minimum absolute atomic E-state index is 0.248. The van der Waals surface area contributed by atoms with Crippen LogP contribution in [-0.4, -0.2) is 31.3 Å². The fraction of sp³-hybridized carbons (Fsp3) is 0.364. The number of hydrogen-bond acceptors (Lipinski definition) is 2. The summed E-state index contributed by atoms with van der Waals surface area (Å²) >= 11 is 3.36. The normalized spacial score (nSPS) is 10.6. The topological polar surface area (TPSA) is 20.3 Å². The molecular formula is C11H14BrNO. The first kappa shape index (κ1) is 11.4. The van der Waals surface area contributed by atoms with Gasteiger partial charge in [0.1, 0.15) is 0 Å². The lowest BCUT2D eigenvalue weighted by molar-refractivity contribution is -0.119. The van der Waals surface area contributed by atoms with E-state index in [-0.39, 0.29) is 5.78 Å². The van der Waals surface area contributed by atoms with Gasteiger partial charge in [-0.05, 0) is 31.8 Å². The Kier molecular flexibility index (Phi) is 4.29. The molecule has 3 heteroatoms. The molecule has 1 rings (SSSR count). The van der Waals surface area contributed by atoms with Crippen molar-refractivity contribution < 1.29 is 4.79 Å². The Morgan fingerprint density at radius 3 is 2.36 bits per heavy atom. The molecule has 0 atom stereocenters. The Hall–Kier alpha value is -0.670. The van der Waals surface area contributed by atoms with Crippen LogP contribution in [0.3, 0.4) is 0 Å². The maximum Gasteiger partial charge on any atom is 0.151 e. The molecule has 0 saturated carbocycles. The fourth-order valence-corrected chi connectivity index (χ4v) is 1.50. The summed E-state index contributed by atoms with van der Waals surface area (Å²) in [4.78, 5) is 13.3. The molecule has 1 aromatic rings. The number of halogens is 1.